The van der Waals surface area contributed by atoms with Gasteiger partial charge in [-0.2, -0.15) is 0 Å². The maximum absolute atomic E-state index is 17.0. The maximum atomic E-state index is 17.0. The number of esters is 1. The van der Waals surface area contributed by atoms with E-state index in [1.165, 1.54) is 7.11 Å². The molecule has 1 spiro atoms. The van der Waals surface area contributed by atoms with E-state index >= 15 is 19.2 Å². The normalized spacial score (nSPS) is 21.9. The Morgan fingerprint density at radius 3 is 2.15 bits per heavy atom. The lowest BCUT2D eigenvalue weighted by molar-refractivity contribution is -0.179. The fraction of sp³-hybridized carbons (Fsp3) is 0.271. The number of primary amides is 1. The van der Waals surface area contributed by atoms with Gasteiger partial charge in [0.1, 0.15) is 29.9 Å². The summed E-state index contributed by atoms with van der Waals surface area (Å²) in [5, 5.41) is 15.8. The van der Waals surface area contributed by atoms with Crippen molar-refractivity contribution in [3.63, 3.8) is 0 Å². The predicted octanol–water partition coefficient (Wildman–Crippen LogP) is 6.82. The molecule has 16 heteroatoms. The molecule has 4 aliphatic rings. The number of aliphatic hydroxyl groups is 1. The molecule has 0 aromatic heterocycles. The van der Waals surface area contributed by atoms with Crippen molar-refractivity contribution >= 4 is 35.5 Å². The monoisotopic (exact) mass is 1010 g/mol. The van der Waals surface area contributed by atoms with Gasteiger partial charge in [-0.05, 0) is 83.1 Å². The van der Waals surface area contributed by atoms with E-state index < -0.39 is 71.5 Å². The van der Waals surface area contributed by atoms with Gasteiger partial charge in [-0.25, -0.2) is 14.5 Å². The number of hydrogen-bond donors (Lipinski definition) is 4. The molecule has 75 heavy (non-hydrogen) atoms. The van der Waals surface area contributed by atoms with E-state index in [-0.39, 0.29) is 49.8 Å². The van der Waals surface area contributed by atoms with Gasteiger partial charge >= 0.3 is 18.0 Å². The molecule has 2 saturated heterocycles. The number of aliphatic hydroxyl groups excluding tert-OH is 1. The van der Waals surface area contributed by atoms with Crippen molar-refractivity contribution in [1.29, 1.82) is 0 Å². The van der Waals surface area contributed by atoms with E-state index in [1.54, 1.807) is 54.5 Å². The Bertz CT molecular complexity index is 3220. The number of rotatable bonds is 12. The van der Waals surface area contributed by atoms with Gasteiger partial charge in [0.15, 0.2) is 11.5 Å². The summed E-state index contributed by atoms with van der Waals surface area (Å²) >= 11 is 0. The Balaban J connectivity index is 1.27. The molecule has 6 amide bonds. The molecule has 4 aliphatic heterocycles. The zero-order valence-corrected chi connectivity index (χ0v) is 41.6. The van der Waals surface area contributed by atoms with Crippen LogP contribution >= 0.6 is 0 Å². The largest absolute Gasteiger partial charge is 0.493 e. The predicted molar refractivity (Wildman–Crippen MR) is 277 cm³/mol. The first-order chi connectivity index (χ1) is 36.5. The van der Waals surface area contributed by atoms with Crippen molar-refractivity contribution < 1.29 is 48.0 Å². The number of para-hydroxylation sites is 1. The quantitative estimate of drug-likeness (QED) is 0.0741. The fourth-order valence-corrected chi connectivity index (χ4v) is 11.5. The van der Waals surface area contributed by atoms with Gasteiger partial charge in [0.2, 0.25) is 11.8 Å². The molecule has 16 nitrogen and oxygen atoms in total. The van der Waals surface area contributed by atoms with E-state index in [0.717, 1.165) is 27.2 Å². The standard InChI is InChI=1S/C59H56N6O10/c1-36(38-17-7-4-8-18-38)62-58(71)64-45-26-25-37(16-15-28-61-57(60)70)32-44(45)59(56(64)69)49(54(67)63-29-27-41-33-47(72-2)48(73-3)34-42(41)35-63)51-55(68)75-52(40-21-11-6-12-22-40)50(39-19-9-5-10-20-39)65(51)53(59)43-23-13-14-24-46(43)74-31-30-66/h4-14,17-26,32-34,36,49-53,66H,27-31,35H2,1-3H3,(H,62,71)(H3,60,61,70)/t36-,49+,50+,51+,52-,53-,59+/m1/s1. The molecule has 10 rings (SSSR count). The van der Waals surface area contributed by atoms with Crippen LogP contribution in [-0.4, -0.2) is 91.3 Å². The van der Waals surface area contributed by atoms with Gasteiger partial charge < -0.3 is 45.3 Å². The number of methoxy groups -OCH3 is 2. The van der Waals surface area contributed by atoms with E-state index in [2.05, 4.69) is 22.5 Å². The van der Waals surface area contributed by atoms with Gasteiger partial charge in [-0.1, -0.05) is 121 Å². The molecule has 6 aromatic carbocycles. The summed E-state index contributed by atoms with van der Waals surface area (Å²) in [6.45, 7) is 1.51. The highest BCUT2D eigenvalue weighted by molar-refractivity contribution is 6.25. The van der Waals surface area contributed by atoms with Crippen molar-refractivity contribution in [2.24, 2.45) is 11.7 Å². The van der Waals surface area contributed by atoms with Crippen LogP contribution in [0, 0.1) is 17.8 Å². The SMILES string of the molecule is COc1cc2c(cc1OC)CN(C(=O)[C@@H]1[C@H]3C(=O)O[C@H](c4ccccc4)[C@H](c4ccccc4)N3[C@H](c3ccccc3OCCO)[C@@]13C(=O)N(C(=O)N[C@H](C)c1ccccc1)c1ccc(C#CCNC(N)=O)cc13)CC2. The van der Waals surface area contributed by atoms with Crippen molar-refractivity contribution in [3.05, 3.63) is 190 Å². The van der Waals surface area contributed by atoms with E-state index in [0.29, 0.717) is 34.6 Å². The minimum Gasteiger partial charge on any atom is -0.493 e. The number of urea groups is 2. The number of benzene rings is 6. The van der Waals surface area contributed by atoms with Gasteiger partial charge in [0.05, 0.1) is 57.1 Å². The number of nitrogens with one attached hydrogen (secondary N) is 2. The minimum absolute atomic E-state index is 0.0801. The second-order valence-corrected chi connectivity index (χ2v) is 18.8. The summed E-state index contributed by atoms with van der Waals surface area (Å²) in [5.41, 5.74) is 8.33. The molecule has 0 aliphatic carbocycles. The number of nitrogens with zero attached hydrogens (tertiary/aromatic N) is 3. The molecule has 4 heterocycles. The van der Waals surface area contributed by atoms with Crippen molar-refractivity contribution in [2.75, 3.05) is 45.4 Å². The van der Waals surface area contributed by atoms with Crippen LogP contribution in [0.25, 0.3) is 0 Å². The summed E-state index contributed by atoms with van der Waals surface area (Å²) < 4.78 is 24.4. The first-order valence-corrected chi connectivity index (χ1v) is 24.8. The van der Waals surface area contributed by atoms with E-state index in [9.17, 15) is 9.90 Å². The minimum atomic E-state index is -2.14. The van der Waals surface area contributed by atoms with Crippen LogP contribution in [-0.2, 0) is 37.5 Å². The number of hydrogen-bond acceptors (Lipinski definition) is 11. The highest BCUT2D eigenvalue weighted by Crippen LogP contribution is 2.67. The second kappa shape index (κ2) is 21.1. The summed E-state index contributed by atoms with van der Waals surface area (Å²) in [6.07, 6.45) is -0.572. The van der Waals surface area contributed by atoms with Crippen LogP contribution in [0.2, 0.25) is 0 Å². The van der Waals surface area contributed by atoms with Crippen LogP contribution in [0.3, 0.4) is 0 Å². The number of morpholine rings is 1. The van der Waals surface area contributed by atoms with Crippen molar-refractivity contribution in [3.8, 4) is 29.1 Å². The third kappa shape index (κ3) is 8.93. The van der Waals surface area contributed by atoms with Crippen molar-refractivity contribution in [1.82, 2.24) is 20.4 Å². The number of amides is 6. The number of imide groups is 1. The third-order valence-electron chi connectivity index (χ3n) is 14.7. The van der Waals surface area contributed by atoms with Crippen LogP contribution in [0.4, 0.5) is 15.3 Å². The van der Waals surface area contributed by atoms with Crippen LogP contribution < -0.4 is 35.5 Å². The molecule has 0 radical (unpaired) electrons. The smallest absolute Gasteiger partial charge is 0.329 e. The average molecular weight is 1010 g/mol. The van der Waals surface area contributed by atoms with Gasteiger partial charge in [-0.3, -0.25) is 19.3 Å². The zero-order chi connectivity index (χ0) is 52.4. The van der Waals surface area contributed by atoms with Gasteiger partial charge in [-0.15, -0.1) is 0 Å². The molecular formula is C59H56N6O10. The fourth-order valence-electron chi connectivity index (χ4n) is 11.5. The van der Waals surface area contributed by atoms with Crippen LogP contribution in [0.5, 0.6) is 17.2 Å². The highest BCUT2D eigenvalue weighted by atomic mass is 16.6. The molecule has 2 fully saturated rings. The number of cyclic esters (lactones) is 1. The van der Waals surface area contributed by atoms with Crippen molar-refractivity contribution in [2.45, 2.75) is 55.6 Å². The summed E-state index contributed by atoms with van der Waals surface area (Å²) in [6, 6.07) is 38.2. The Hall–Kier alpha value is -8.65. The average Bonchev–Trinajstić information content (AvgIpc) is 3.94. The second-order valence-electron chi connectivity index (χ2n) is 18.8. The highest BCUT2D eigenvalue weighted by Gasteiger charge is 2.76. The lowest BCUT2D eigenvalue weighted by atomic mass is 9.64. The molecule has 0 bridgehead atoms. The number of nitrogens with two attached hydrogens (primary N) is 1. The molecule has 6 aromatic rings. The Labute approximate surface area is 434 Å². The summed E-state index contributed by atoms with van der Waals surface area (Å²) in [4.78, 5) is 81.2. The molecular weight excluding hydrogens is 953 g/mol. The number of carbonyl (C=O) groups is 5. The van der Waals surface area contributed by atoms with Gasteiger partial charge in [0, 0.05) is 24.2 Å². The van der Waals surface area contributed by atoms with E-state index in [4.69, 9.17) is 24.7 Å². The van der Waals surface area contributed by atoms with Crippen LogP contribution in [0.1, 0.15) is 75.7 Å². The number of fused-ring (bicyclic) bond motifs is 4. The molecule has 0 unspecified atom stereocenters. The van der Waals surface area contributed by atoms with Crippen LogP contribution in [0.15, 0.2) is 146 Å². The molecule has 382 valence electrons. The number of carbonyl (C=O) groups excluding carboxylic acids is 5. The zero-order valence-electron chi connectivity index (χ0n) is 41.6. The number of ether oxygens (including phenoxy) is 4. The molecule has 7 atom stereocenters. The Morgan fingerprint density at radius 1 is 0.813 bits per heavy atom. The third-order valence-corrected chi connectivity index (χ3v) is 14.7. The maximum Gasteiger partial charge on any atom is 0.329 e. The topological polar surface area (TPSA) is 202 Å². The van der Waals surface area contributed by atoms with E-state index in [1.807, 2.05) is 115 Å². The first-order valence-electron chi connectivity index (χ1n) is 24.8. The summed E-state index contributed by atoms with van der Waals surface area (Å²) in [7, 11) is 3.09. The Morgan fingerprint density at radius 2 is 1.47 bits per heavy atom. The first kappa shape index (κ1) is 49.9. The summed E-state index contributed by atoms with van der Waals surface area (Å²) in [5.74, 6) is 3.65. The molecule has 5 N–H and O–H groups in total. The lowest BCUT2D eigenvalue weighted by Crippen LogP contribution is -2.57. The lowest BCUT2D eigenvalue weighted by Gasteiger charge is -2.46. The Kier molecular flexibility index (Phi) is 14.0. The van der Waals surface area contributed by atoms with Gasteiger partial charge in [0.25, 0.3) is 0 Å². The molecule has 0 saturated carbocycles. The number of anilines is 1.